The Morgan fingerprint density at radius 1 is 1.03 bits per heavy atom. The Kier molecular flexibility index (Phi) is 4.42. The molecule has 0 spiro atoms. The number of hydrogen-bond acceptors (Lipinski definition) is 7. The van der Waals surface area contributed by atoms with E-state index in [1.54, 1.807) is 20.4 Å². The third kappa shape index (κ3) is 3.12. The van der Waals surface area contributed by atoms with Crippen molar-refractivity contribution in [3.63, 3.8) is 0 Å². The Bertz CT molecular complexity index is 1130. The van der Waals surface area contributed by atoms with E-state index in [0.717, 1.165) is 59.5 Å². The highest BCUT2D eigenvalue weighted by Gasteiger charge is 2.26. The SMILES string of the molecule is COc1cc2cnnc(N3CCC(c4nc5ccccc5o4)CC3)c2cc1OC. The summed E-state index contributed by atoms with van der Waals surface area (Å²) in [5, 5.41) is 10.6. The van der Waals surface area contributed by atoms with Gasteiger partial charge in [-0.3, -0.25) is 0 Å². The van der Waals surface area contributed by atoms with Crippen molar-refractivity contribution in [1.82, 2.24) is 15.2 Å². The number of nitrogens with zero attached hydrogens (tertiary/aromatic N) is 4. The summed E-state index contributed by atoms with van der Waals surface area (Å²) < 4.78 is 16.9. The predicted molar refractivity (Wildman–Crippen MR) is 111 cm³/mol. The van der Waals surface area contributed by atoms with Crippen LogP contribution in [-0.4, -0.2) is 42.5 Å². The van der Waals surface area contributed by atoms with Gasteiger partial charge in [-0.15, -0.1) is 5.10 Å². The zero-order valence-corrected chi connectivity index (χ0v) is 16.5. The second kappa shape index (κ2) is 7.24. The lowest BCUT2D eigenvalue weighted by atomic mass is 9.96. The lowest BCUT2D eigenvalue weighted by Gasteiger charge is -2.31. The summed E-state index contributed by atoms with van der Waals surface area (Å²) in [6.07, 6.45) is 3.67. The van der Waals surface area contributed by atoms with Crippen LogP contribution in [0.25, 0.3) is 21.9 Å². The number of hydrogen-bond donors (Lipinski definition) is 0. The van der Waals surface area contributed by atoms with E-state index < -0.39 is 0 Å². The molecule has 7 nitrogen and oxygen atoms in total. The fourth-order valence-electron chi connectivity index (χ4n) is 4.03. The molecular formula is C22H22N4O3. The van der Waals surface area contributed by atoms with Gasteiger partial charge in [0.2, 0.25) is 0 Å². The van der Waals surface area contributed by atoms with Gasteiger partial charge in [0.05, 0.1) is 20.4 Å². The molecule has 0 radical (unpaired) electrons. The average Bonchev–Trinajstić information content (AvgIpc) is 3.22. The standard InChI is InChI=1S/C22H22N4O3/c1-27-19-11-15-13-23-25-21(16(15)12-20(19)28-2)26-9-7-14(8-10-26)22-24-17-5-3-4-6-18(17)29-22/h3-6,11-14H,7-10H2,1-2H3. The number of aromatic nitrogens is 3. The molecule has 7 heteroatoms. The van der Waals surface area contributed by atoms with Gasteiger partial charge in [0.15, 0.2) is 28.8 Å². The number of piperidine rings is 1. The first-order chi connectivity index (χ1) is 14.3. The lowest BCUT2D eigenvalue weighted by Crippen LogP contribution is -2.33. The van der Waals surface area contributed by atoms with Gasteiger partial charge in [0.1, 0.15) is 5.52 Å². The number of benzene rings is 2. The van der Waals surface area contributed by atoms with Crippen LogP contribution in [0.4, 0.5) is 5.82 Å². The van der Waals surface area contributed by atoms with Crippen LogP contribution in [0.3, 0.4) is 0 Å². The molecule has 1 fully saturated rings. The number of fused-ring (bicyclic) bond motifs is 2. The van der Waals surface area contributed by atoms with Crippen LogP contribution in [0.15, 0.2) is 47.0 Å². The highest BCUT2D eigenvalue weighted by Crippen LogP contribution is 2.37. The van der Waals surface area contributed by atoms with Gasteiger partial charge in [-0.25, -0.2) is 4.98 Å². The summed E-state index contributed by atoms with van der Waals surface area (Å²) in [5.74, 6) is 3.40. The second-order valence-electron chi connectivity index (χ2n) is 7.24. The molecule has 2 aromatic heterocycles. The van der Waals surface area contributed by atoms with E-state index in [-0.39, 0.29) is 0 Å². The molecular weight excluding hydrogens is 368 g/mol. The van der Waals surface area contributed by atoms with Gasteiger partial charge in [0, 0.05) is 29.8 Å². The largest absolute Gasteiger partial charge is 0.493 e. The van der Waals surface area contributed by atoms with Crippen molar-refractivity contribution in [2.24, 2.45) is 0 Å². The molecule has 148 valence electrons. The van der Waals surface area contributed by atoms with E-state index in [9.17, 15) is 0 Å². The molecule has 0 N–H and O–H groups in total. The maximum atomic E-state index is 5.99. The highest BCUT2D eigenvalue weighted by atomic mass is 16.5. The summed E-state index contributed by atoms with van der Waals surface area (Å²) in [6, 6.07) is 11.8. The monoisotopic (exact) mass is 390 g/mol. The predicted octanol–water partition coefficient (Wildman–Crippen LogP) is 4.17. The summed E-state index contributed by atoms with van der Waals surface area (Å²) in [4.78, 5) is 6.96. The quantitative estimate of drug-likeness (QED) is 0.518. The fraction of sp³-hybridized carbons (Fsp3) is 0.318. The molecule has 0 atom stereocenters. The topological polar surface area (TPSA) is 73.5 Å². The van der Waals surface area contributed by atoms with Gasteiger partial charge in [0.25, 0.3) is 0 Å². The van der Waals surface area contributed by atoms with E-state index in [2.05, 4.69) is 20.1 Å². The van der Waals surface area contributed by atoms with Crippen LogP contribution in [0.5, 0.6) is 11.5 Å². The van der Waals surface area contributed by atoms with E-state index in [4.69, 9.17) is 13.9 Å². The number of rotatable bonds is 4. The van der Waals surface area contributed by atoms with E-state index in [1.807, 2.05) is 36.4 Å². The first kappa shape index (κ1) is 17.7. The minimum Gasteiger partial charge on any atom is -0.493 e. The van der Waals surface area contributed by atoms with E-state index in [0.29, 0.717) is 17.4 Å². The van der Waals surface area contributed by atoms with Crippen LogP contribution in [0.2, 0.25) is 0 Å². The Balaban J connectivity index is 1.41. The van der Waals surface area contributed by atoms with Gasteiger partial charge in [-0.2, -0.15) is 5.10 Å². The molecule has 5 rings (SSSR count). The minimum absolute atomic E-state index is 0.316. The fourth-order valence-corrected chi connectivity index (χ4v) is 4.03. The molecule has 4 aromatic rings. The third-order valence-corrected chi connectivity index (χ3v) is 5.60. The summed E-state index contributed by atoms with van der Waals surface area (Å²) in [7, 11) is 3.28. The molecule has 3 heterocycles. The Hall–Kier alpha value is -3.35. The van der Waals surface area contributed by atoms with Crippen LogP contribution in [0.1, 0.15) is 24.7 Å². The van der Waals surface area contributed by atoms with Gasteiger partial charge in [-0.1, -0.05) is 12.1 Å². The Morgan fingerprint density at radius 3 is 2.55 bits per heavy atom. The molecule has 2 aromatic carbocycles. The number of anilines is 1. The summed E-state index contributed by atoms with van der Waals surface area (Å²) >= 11 is 0. The zero-order chi connectivity index (χ0) is 19.8. The lowest BCUT2D eigenvalue weighted by molar-refractivity contribution is 0.356. The van der Waals surface area contributed by atoms with Crippen molar-refractivity contribution in [3.8, 4) is 11.5 Å². The molecule has 0 saturated carbocycles. The Morgan fingerprint density at radius 2 is 1.79 bits per heavy atom. The molecule has 1 aliphatic rings. The molecule has 0 aliphatic carbocycles. The van der Waals surface area contributed by atoms with Gasteiger partial charge >= 0.3 is 0 Å². The van der Waals surface area contributed by atoms with Crippen molar-refractivity contribution in [1.29, 1.82) is 0 Å². The van der Waals surface area contributed by atoms with Gasteiger partial charge < -0.3 is 18.8 Å². The van der Waals surface area contributed by atoms with E-state index >= 15 is 0 Å². The van der Waals surface area contributed by atoms with Crippen LogP contribution in [0, 0.1) is 0 Å². The highest BCUT2D eigenvalue weighted by molar-refractivity contribution is 5.94. The Labute approximate surface area is 168 Å². The van der Waals surface area contributed by atoms with Crippen molar-refractivity contribution in [2.45, 2.75) is 18.8 Å². The molecule has 0 bridgehead atoms. The molecule has 29 heavy (non-hydrogen) atoms. The minimum atomic E-state index is 0.316. The molecule has 0 unspecified atom stereocenters. The van der Waals surface area contributed by atoms with Crippen molar-refractivity contribution >= 4 is 27.7 Å². The maximum Gasteiger partial charge on any atom is 0.198 e. The summed E-state index contributed by atoms with van der Waals surface area (Å²) in [5.41, 5.74) is 1.77. The van der Waals surface area contributed by atoms with Crippen LogP contribution >= 0.6 is 0 Å². The smallest absolute Gasteiger partial charge is 0.198 e. The molecule has 1 saturated heterocycles. The molecule has 0 amide bonds. The first-order valence-corrected chi connectivity index (χ1v) is 9.74. The first-order valence-electron chi connectivity index (χ1n) is 9.74. The van der Waals surface area contributed by atoms with E-state index in [1.165, 1.54) is 0 Å². The van der Waals surface area contributed by atoms with Crippen LogP contribution in [-0.2, 0) is 0 Å². The van der Waals surface area contributed by atoms with Crippen LogP contribution < -0.4 is 14.4 Å². The number of methoxy groups -OCH3 is 2. The van der Waals surface area contributed by atoms with Crippen molar-refractivity contribution in [3.05, 3.63) is 48.5 Å². The third-order valence-electron chi connectivity index (χ3n) is 5.60. The van der Waals surface area contributed by atoms with Crippen molar-refractivity contribution < 1.29 is 13.9 Å². The van der Waals surface area contributed by atoms with Gasteiger partial charge in [-0.05, 0) is 37.1 Å². The normalized spacial score (nSPS) is 15.2. The number of para-hydroxylation sites is 2. The second-order valence-corrected chi connectivity index (χ2v) is 7.24. The molecule has 1 aliphatic heterocycles. The zero-order valence-electron chi connectivity index (χ0n) is 16.5. The average molecular weight is 390 g/mol. The summed E-state index contributed by atoms with van der Waals surface area (Å²) in [6.45, 7) is 1.73. The number of oxazole rings is 1. The van der Waals surface area contributed by atoms with Crippen molar-refractivity contribution in [2.75, 3.05) is 32.2 Å². The maximum absolute atomic E-state index is 5.99. The number of ether oxygens (including phenoxy) is 2.